The van der Waals surface area contributed by atoms with Gasteiger partial charge in [-0.1, -0.05) is 5.11 Å². The first-order valence-electron chi connectivity index (χ1n) is 4.80. The summed E-state index contributed by atoms with van der Waals surface area (Å²) in [6.45, 7) is 2.36. The van der Waals surface area contributed by atoms with Gasteiger partial charge in [0.15, 0.2) is 0 Å². The van der Waals surface area contributed by atoms with Crippen LogP contribution in [0.25, 0.3) is 26.4 Å². The molecule has 0 spiro atoms. The molecule has 18 heavy (non-hydrogen) atoms. The van der Waals surface area contributed by atoms with Crippen LogP contribution < -0.4 is 29.6 Å². The van der Waals surface area contributed by atoms with Gasteiger partial charge in [0, 0.05) is 30.4 Å². The molecule has 0 saturated heterocycles. The van der Waals surface area contributed by atoms with Gasteiger partial charge in [0.2, 0.25) is 0 Å². The Bertz CT molecular complexity index is 223. The molecule has 10 heteroatoms. The van der Waals surface area contributed by atoms with Crippen molar-refractivity contribution in [1.82, 2.24) is 9.80 Å². The van der Waals surface area contributed by atoms with Crippen molar-refractivity contribution in [3.05, 3.63) is 26.4 Å². The Kier molecular flexibility index (Phi) is 37.6. The van der Waals surface area contributed by atoms with Crippen LogP contribution >= 0.6 is 11.6 Å². The van der Waals surface area contributed by atoms with Gasteiger partial charge in [-0.3, -0.25) is 4.91 Å². The molecule has 0 aliphatic carbocycles. The van der Waals surface area contributed by atoms with Gasteiger partial charge in [-0.25, -0.2) is 0 Å². The van der Waals surface area contributed by atoms with Crippen LogP contribution in [-0.2, 0) is 0 Å². The fourth-order valence-corrected chi connectivity index (χ4v) is 0.797. The summed E-state index contributed by atoms with van der Waals surface area (Å²) in [5.41, 5.74) is 21.3. The standard InChI is InChI=1S/C4H10ClN.C4H10N4.N3.Na/c1-6(2)4-3-5;1-8(2)4-3-6-7-5;1-3-2;/h3-4H2,1-2H3;3-4H2,1-2H3;;/q;;-1;+1. The second-order valence-corrected chi connectivity index (χ2v) is 3.72. The molecule has 0 rings (SSSR count). The normalized spacial score (nSPS) is 7.72. The van der Waals surface area contributed by atoms with E-state index in [2.05, 4.69) is 10.0 Å². The number of azide groups is 1. The van der Waals surface area contributed by atoms with E-state index in [1.54, 1.807) is 0 Å². The SMILES string of the molecule is CN(C)CCCl.CN(C)CCN=[N+]=[N-].[N-]=[N+]=[N-].[Na+]. The third kappa shape index (κ3) is 56.8. The summed E-state index contributed by atoms with van der Waals surface area (Å²) in [7, 11) is 7.88. The molecule has 100 valence electrons. The molecule has 0 aromatic heterocycles. The minimum absolute atomic E-state index is 0. The van der Waals surface area contributed by atoms with Gasteiger partial charge >= 0.3 is 29.6 Å². The zero-order valence-corrected chi connectivity index (χ0v) is 14.5. The smallest absolute Gasteiger partial charge is 0.373 e. The topological polar surface area (TPSA) is 114 Å². The summed E-state index contributed by atoms with van der Waals surface area (Å²) < 4.78 is 0. The van der Waals surface area contributed by atoms with Crippen molar-refractivity contribution < 1.29 is 29.6 Å². The average Bonchev–Trinajstić information content (AvgIpc) is 2.19. The molecule has 8 nitrogen and oxygen atoms in total. The van der Waals surface area contributed by atoms with Crippen LogP contribution in [0.5, 0.6) is 0 Å². The summed E-state index contributed by atoms with van der Waals surface area (Å²) >= 11 is 5.35. The summed E-state index contributed by atoms with van der Waals surface area (Å²) in [5.74, 6) is 0.729. The van der Waals surface area contributed by atoms with E-state index in [4.69, 9.17) is 28.2 Å². The second-order valence-electron chi connectivity index (χ2n) is 3.34. The molecule has 0 radical (unpaired) electrons. The number of hydrogen-bond acceptors (Lipinski definition) is 3. The molecule has 0 unspecified atom stereocenters. The van der Waals surface area contributed by atoms with Crippen molar-refractivity contribution in [3.8, 4) is 0 Å². The van der Waals surface area contributed by atoms with E-state index in [1.807, 2.05) is 38.0 Å². The fraction of sp³-hybridized carbons (Fsp3) is 1.00. The maximum Gasteiger partial charge on any atom is 1.00 e. The predicted octanol–water partition coefficient (Wildman–Crippen LogP) is -0.485. The van der Waals surface area contributed by atoms with Gasteiger partial charge in [0.25, 0.3) is 0 Å². The summed E-state index contributed by atoms with van der Waals surface area (Å²) in [6.07, 6.45) is 0. The Morgan fingerprint density at radius 1 is 1.00 bits per heavy atom. The minimum Gasteiger partial charge on any atom is -0.373 e. The Balaban J connectivity index is -0.0000000875. The van der Waals surface area contributed by atoms with Crippen LogP contribution in [0.1, 0.15) is 0 Å². The zero-order chi connectivity index (χ0) is 14.1. The number of halogens is 1. The van der Waals surface area contributed by atoms with E-state index < -0.39 is 0 Å². The van der Waals surface area contributed by atoms with Crippen molar-refractivity contribution in [2.45, 2.75) is 0 Å². The van der Waals surface area contributed by atoms with Crippen LogP contribution in [-0.4, -0.2) is 63.5 Å². The largest absolute Gasteiger partial charge is 1.00 e. The molecule has 0 saturated carbocycles. The summed E-state index contributed by atoms with van der Waals surface area (Å²) in [6, 6.07) is 0. The van der Waals surface area contributed by atoms with Crippen LogP contribution in [0.4, 0.5) is 0 Å². The third-order valence-electron chi connectivity index (χ3n) is 1.24. The summed E-state index contributed by atoms with van der Waals surface area (Å²) in [4.78, 5) is 8.12. The minimum atomic E-state index is 0. The number of rotatable bonds is 5. The van der Waals surface area contributed by atoms with Crippen molar-refractivity contribution >= 4 is 11.6 Å². The molecule has 0 aromatic carbocycles. The molecule has 0 heterocycles. The van der Waals surface area contributed by atoms with E-state index >= 15 is 0 Å². The molecule has 0 aliphatic heterocycles. The Hall–Kier alpha value is -0.170. The van der Waals surface area contributed by atoms with Gasteiger partial charge in [0.1, 0.15) is 0 Å². The maximum absolute atomic E-state index is 7.82. The fourth-order valence-electron chi connectivity index (χ4n) is 0.458. The van der Waals surface area contributed by atoms with Gasteiger partial charge in [-0.05, 0) is 33.7 Å². The quantitative estimate of drug-likeness (QED) is 0.223. The van der Waals surface area contributed by atoms with Crippen LogP contribution in [0, 0.1) is 0 Å². The van der Waals surface area contributed by atoms with Gasteiger partial charge in [-0.15, -0.1) is 11.6 Å². The first-order valence-corrected chi connectivity index (χ1v) is 5.34. The van der Waals surface area contributed by atoms with E-state index in [-0.39, 0.29) is 29.6 Å². The van der Waals surface area contributed by atoms with E-state index in [0.29, 0.717) is 6.54 Å². The number of nitrogens with zero attached hydrogens (tertiary/aromatic N) is 8. The zero-order valence-electron chi connectivity index (χ0n) is 11.8. The second kappa shape index (κ2) is 25.6. The molecule has 0 atom stereocenters. The molecule has 0 amide bonds. The number of likely N-dealkylation sites (N-methyl/N-ethyl adjacent to an activating group) is 1. The van der Waals surface area contributed by atoms with Crippen molar-refractivity contribution in [3.63, 3.8) is 0 Å². The van der Waals surface area contributed by atoms with Gasteiger partial charge in [0.05, 0.1) is 0 Å². The first kappa shape index (κ1) is 26.4. The maximum atomic E-state index is 7.82. The van der Waals surface area contributed by atoms with E-state index in [9.17, 15) is 0 Å². The summed E-state index contributed by atoms with van der Waals surface area (Å²) in [5, 5.41) is 3.35. The molecule has 0 N–H and O–H groups in total. The predicted molar refractivity (Wildman–Crippen MR) is 71.9 cm³/mol. The van der Waals surface area contributed by atoms with E-state index in [1.165, 1.54) is 4.91 Å². The van der Waals surface area contributed by atoms with Crippen molar-refractivity contribution in [2.75, 3.05) is 53.7 Å². The molecule has 0 fully saturated rings. The molecular formula is C8H20ClN8Na. The Morgan fingerprint density at radius 3 is 1.56 bits per heavy atom. The molecule has 0 aliphatic rings. The molecule has 0 bridgehead atoms. The van der Waals surface area contributed by atoms with Crippen molar-refractivity contribution in [1.29, 1.82) is 0 Å². The van der Waals surface area contributed by atoms with Crippen molar-refractivity contribution in [2.24, 2.45) is 5.11 Å². The average molecular weight is 287 g/mol. The monoisotopic (exact) mass is 286 g/mol. The van der Waals surface area contributed by atoms with Crippen LogP contribution in [0.2, 0.25) is 0 Å². The van der Waals surface area contributed by atoms with Crippen LogP contribution in [0.3, 0.4) is 0 Å². The Morgan fingerprint density at radius 2 is 1.39 bits per heavy atom. The Labute approximate surface area is 136 Å². The number of hydrogen-bond donors (Lipinski definition) is 0. The number of alkyl halides is 1. The van der Waals surface area contributed by atoms with E-state index in [0.717, 1.165) is 19.0 Å². The first-order chi connectivity index (χ1) is 7.95. The molecular weight excluding hydrogens is 267 g/mol. The molecule has 0 aromatic rings. The van der Waals surface area contributed by atoms with Gasteiger partial charge < -0.3 is 20.9 Å². The third-order valence-corrected chi connectivity index (χ3v) is 1.41. The van der Waals surface area contributed by atoms with Gasteiger partial charge in [-0.2, -0.15) is 0 Å². The van der Waals surface area contributed by atoms with Crippen LogP contribution in [0.15, 0.2) is 5.11 Å².